The summed E-state index contributed by atoms with van der Waals surface area (Å²) in [7, 11) is 0. The molecule has 104 valence electrons. The van der Waals surface area contributed by atoms with Crippen LogP contribution in [0.1, 0.15) is 11.1 Å². The summed E-state index contributed by atoms with van der Waals surface area (Å²) in [5, 5.41) is 11.2. The Morgan fingerprint density at radius 2 is 2.05 bits per heavy atom. The van der Waals surface area contributed by atoms with Crippen molar-refractivity contribution in [3.05, 3.63) is 53.6 Å². The number of halogens is 3. The number of alkyl halides is 3. The minimum absolute atomic E-state index is 0.124. The van der Waals surface area contributed by atoms with Gasteiger partial charge in [0.1, 0.15) is 11.6 Å². The van der Waals surface area contributed by atoms with Gasteiger partial charge in [0.15, 0.2) is 0 Å². The molecule has 1 rings (SSSR count). The summed E-state index contributed by atoms with van der Waals surface area (Å²) in [6.45, 7) is 3.51. The van der Waals surface area contributed by atoms with Gasteiger partial charge < -0.3 is 5.32 Å². The molecular weight excluding hydrogens is 269 g/mol. The van der Waals surface area contributed by atoms with Crippen LogP contribution in [-0.2, 0) is 11.0 Å². The van der Waals surface area contributed by atoms with Gasteiger partial charge in [0.2, 0.25) is 0 Å². The van der Waals surface area contributed by atoms with Crippen LogP contribution < -0.4 is 5.32 Å². The van der Waals surface area contributed by atoms with Crippen LogP contribution in [0.5, 0.6) is 0 Å². The maximum atomic E-state index is 12.8. The standard InChI is InChI=1S/C14H11F3N2O/c1-2-7-19-13(20)11(9-18)8-10-5-3-4-6-12(10)14(15,16)17/h2-6,8H,1,7H2,(H,19,20)/b11-8+. The first-order chi connectivity index (χ1) is 9.40. The average molecular weight is 280 g/mol. The summed E-state index contributed by atoms with van der Waals surface area (Å²) < 4.78 is 38.3. The van der Waals surface area contributed by atoms with Crippen molar-refractivity contribution >= 4 is 12.0 Å². The first kappa shape index (κ1) is 15.5. The van der Waals surface area contributed by atoms with Gasteiger partial charge in [-0.05, 0) is 17.7 Å². The first-order valence-corrected chi connectivity index (χ1v) is 5.57. The Labute approximate surface area is 114 Å². The monoisotopic (exact) mass is 280 g/mol. The fourth-order valence-electron chi connectivity index (χ4n) is 1.45. The van der Waals surface area contributed by atoms with Crippen LogP contribution in [0.15, 0.2) is 42.5 Å². The molecule has 1 N–H and O–H groups in total. The summed E-state index contributed by atoms with van der Waals surface area (Å²) in [4.78, 5) is 11.6. The number of carbonyl (C=O) groups excluding carboxylic acids is 1. The summed E-state index contributed by atoms with van der Waals surface area (Å²) in [5.41, 5.74) is -1.53. The normalized spacial score (nSPS) is 11.6. The van der Waals surface area contributed by atoms with Crippen molar-refractivity contribution in [2.24, 2.45) is 0 Å². The number of benzene rings is 1. The van der Waals surface area contributed by atoms with E-state index >= 15 is 0 Å². The second-order valence-corrected chi connectivity index (χ2v) is 3.75. The molecular formula is C14H11F3N2O. The fourth-order valence-corrected chi connectivity index (χ4v) is 1.45. The third-order valence-electron chi connectivity index (χ3n) is 2.34. The van der Waals surface area contributed by atoms with Gasteiger partial charge in [-0.1, -0.05) is 24.3 Å². The predicted octanol–water partition coefficient (Wildman–Crippen LogP) is 2.91. The van der Waals surface area contributed by atoms with Gasteiger partial charge in [0.25, 0.3) is 5.91 Å². The van der Waals surface area contributed by atoms with Gasteiger partial charge in [-0.3, -0.25) is 4.79 Å². The number of rotatable bonds is 4. The molecule has 0 unspecified atom stereocenters. The number of hydrogen-bond acceptors (Lipinski definition) is 2. The van der Waals surface area contributed by atoms with E-state index < -0.39 is 23.2 Å². The van der Waals surface area contributed by atoms with Crippen molar-refractivity contribution in [3.63, 3.8) is 0 Å². The minimum atomic E-state index is -4.55. The molecule has 0 aliphatic rings. The van der Waals surface area contributed by atoms with Gasteiger partial charge >= 0.3 is 6.18 Å². The Morgan fingerprint density at radius 1 is 1.40 bits per heavy atom. The Hall–Kier alpha value is -2.55. The fraction of sp³-hybridized carbons (Fsp3) is 0.143. The van der Waals surface area contributed by atoms with Crippen molar-refractivity contribution in [2.75, 3.05) is 6.54 Å². The second kappa shape index (κ2) is 6.57. The van der Waals surface area contributed by atoms with E-state index in [1.807, 2.05) is 0 Å². The Kier molecular flexibility index (Phi) is 5.09. The lowest BCUT2D eigenvalue weighted by molar-refractivity contribution is -0.137. The molecule has 0 aromatic heterocycles. The molecule has 0 radical (unpaired) electrons. The molecule has 0 fully saturated rings. The maximum absolute atomic E-state index is 12.8. The van der Waals surface area contributed by atoms with Gasteiger partial charge in [-0.15, -0.1) is 6.58 Å². The molecule has 6 heteroatoms. The lowest BCUT2D eigenvalue weighted by atomic mass is 10.0. The third kappa shape index (κ3) is 3.99. The van der Waals surface area contributed by atoms with Crippen LogP contribution in [0, 0.1) is 11.3 Å². The largest absolute Gasteiger partial charge is 0.416 e. The molecule has 20 heavy (non-hydrogen) atoms. The van der Waals surface area contributed by atoms with E-state index in [-0.39, 0.29) is 12.1 Å². The zero-order valence-corrected chi connectivity index (χ0v) is 10.4. The Balaban J connectivity index is 3.18. The van der Waals surface area contributed by atoms with E-state index in [9.17, 15) is 18.0 Å². The highest BCUT2D eigenvalue weighted by molar-refractivity contribution is 6.01. The van der Waals surface area contributed by atoms with Crippen LogP contribution in [0.3, 0.4) is 0 Å². The third-order valence-corrected chi connectivity index (χ3v) is 2.34. The van der Waals surface area contributed by atoms with E-state index in [0.29, 0.717) is 0 Å². The molecule has 0 saturated carbocycles. The number of hydrogen-bond donors (Lipinski definition) is 1. The number of nitrogens with zero attached hydrogens (tertiary/aromatic N) is 1. The van der Waals surface area contributed by atoms with E-state index in [4.69, 9.17) is 5.26 Å². The lowest BCUT2D eigenvalue weighted by Gasteiger charge is -2.10. The molecule has 0 heterocycles. The Morgan fingerprint density at radius 3 is 2.60 bits per heavy atom. The highest BCUT2D eigenvalue weighted by atomic mass is 19.4. The van der Waals surface area contributed by atoms with Crippen molar-refractivity contribution in [3.8, 4) is 6.07 Å². The number of nitriles is 1. The van der Waals surface area contributed by atoms with Gasteiger partial charge in [0.05, 0.1) is 5.56 Å². The highest BCUT2D eigenvalue weighted by Gasteiger charge is 2.32. The summed E-state index contributed by atoms with van der Waals surface area (Å²) in [6.07, 6.45) is -2.23. The molecule has 0 aliphatic heterocycles. The molecule has 0 bridgehead atoms. The molecule has 1 aromatic rings. The molecule has 0 atom stereocenters. The SMILES string of the molecule is C=CCNC(=O)/C(C#N)=C/c1ccccc1C(F)(F)F. The van der Waals surface area contributed by atoms with E-state index in [1.165, 1.54) is 24.3 Å². The second-order valence-electron chi connectivity index (χ2n) is 3.75. The molecule has 1 aromatic carbocycles. The highest BCUT2D eigenvalue weighted by Crippen LogP contribution is 2.32. The maximum Gasteiger partial charge on any atom is 0.416 e. The van der Waals surface area contributed by atoms with Crippen molar-refractivity contribution < 1.29 is 18.0 Å². The summed E-state index contributed by atoms with van der Waals surface area (Å²) >= 11 is 0. The molecule has 1 amide bonds. The summed E-state index contributed by atoms with van der Waals surface area (Å²) in [5.74, 6) is -0.746. The predicted molar refractivity (Wildman–Crippen MR) is 68.2 cm³/mol. The van der Waals surface area contributed by atoms with E-state index in [2.05, 4.69) is 11.9 Å². The van der Waals surface area contributed by atoms with Gasteiger partial charge in [-0.2, -0.15) is 18.4 Å². The molecule has 3 nitrogen and oxygen atoms in total. The molecule has 0 saturated heterocycles. The number of nitrogens with one attached hydrogen (secondary N) is 1. The summed E-state index contributed by atoms with van der Waals surface area (Å²) in [6, 6.07) is 6.31. The van der Waals surface area contributed by atoms with Gasteiger partial charge in [0, 0.05) is 6.54 Å². The van der Waals surface area contributed by atoms with E-state index in [0.717, 1.165) is 12.1 Å². The average Bonchev–Trinajstić information content (AvgIpc) is 2.41. The zero-order valence-electron chi connectivity index (χ0n) is 10.4. The quantitative estimate of drug-likeness (QED) is 0.524. The topological polar surface area (TPSA) is 52.9 Å². The Bertz CT molecular complexity index is 583. The van der Waals surface area contributed by atoms with Crippen LogP contribution in [-0.4, -0.2) is 12.5 Å². The number of carbonyl (C=O) groups is 1. The van der Waals surface area contributed by atoms with Crippen LogP contribution >= 0.6 is 0 Å². The smallest absolute Gasteiger partial charge is 0.348 e. The van der Waals surface area contributed by atoms with Gasteiger partial charge in [-0.25, -0.2) is 0 Å². The van der Waals surface area contributed by atoms with Crippen molar-refractivity contribution in [1.29, 1.82) is 5.26 Å². The first-order valence-electron chi connectivity index (χ1n) is 5.57. The zero-order chi connectivity index (χ0) is 15.2. The molecule has 0 spiro atoms. The lowest BCUT2D eigenvalue weighted by Crippen LogP contribution is -2.24. The van der Waals surface area contributed by atoms with E-state index in [1.54, 1.807) is 6.07 Å². The van der Waals surface area contributed by atoms with Crippen LogP contribution in [0.25, 0.3) is 6.08 Å². The van der Waals surface area contributed by atoms with Crippen LogP contribution in [0.2, 0.25) is 0 Å². The van der Waals surface area contributed by atoms with Crippen molar-refractivity contribution in [2.45, 2.75) is 6.18 Å². The molecule has 0 aliphatic carbocycles. The van der Waals surface area contributed by atoms with Crippen molar-refractivity contribution in [1.82, 2.24) is 5.32 Å². The van der Waals surface area contributed by atoms with Crippen LogP contribution in [0.4, 0.5) is 13.2 Å². The minimum Gasteiger partial charge on any atom is -0.348 e. The number of amides is 1.